The fourth-order valence-corrected chi connectivity index (χ4v) is 1.53. The molecule has 0 aliphatic rings. The molecule has 0 aliphatic carbocycles. The lowest BCUT2D eigenvalue weighted by Gasteiger charge is -2.07. The first-order chi connectivity index (χ1) is 8.24. The zero-order valence-corrected chi connectivity index (χ0v) is 10.1. The highest BCUT2D eigenvalue weighted by molar-refractivity contribution is 6.28. The van der Waals surface area contributed by atoms with E-state index in [-0.39, 0.29) is 11.3 Å². The van der Waals surface area contributed by atoms with Crippen LogP contribution in [0, 0.1) is 0 Å². The van der Waals surface area contributed by atoms with Crippen molar-refractivity contribution in [3.8, 4) is 23.1 Å². The average Bonchev–Trinajstić information content (AvgIpc) is 2.37. The maximum atomic E-state index is 5.79. The molecule has 0 atom stereocenters. The average molecular weight is 252 g/mol. The third-order valence-electron chi connectivity index (χ3n) is 2.12. The topological polar surface area (TPSA) is 57.1 Å². The number of nitrogens with zero attached hydrogens (tertiary/aromatic N) is 3. The smallest absolute Gasteiger partial charge is 0.321 e. The lowest BCUT2D eigenvalue weighted by Crippen LogP contribution is -1.99. The minimum absolute atomic E-state index is 0.0813. The van der Waals surface area contributed by atoms with E-state index in [1.54, 1.807) is 7.11 Å². The second-order valence-electron chi connectivity index (χ2n) is 3.12. The van der Waals surface area contributed by atoms with Crippen molar-refractivity contribution in [1.82, 2.24) is 15.0 Å². The first-order valence-electron chi connectivity index (χ1n) is 4.83. The molecule has 0 saturated carbocycles. The largest absolute Gasteiger partial charge is 0.496 e. The van der Waals surface area contributed by atoms with E-state index in [4.69, 9.17) is 21.1 Å². The van der Waals surface area contributed by atoms with Gasteiger partial charge in [0.1, 0.15) is 5.75 Å². The maximum absolute atomic E-state index is 5.79. The van der Waals surface area contributed by atoms with Crippen molar-refractivity contribution in [2.75, 3.05) is 14.2 Å². The molecule has 17 heavy (non-hydrogen) atoms. The van der Waals surface area contributed by atoms with E-state index in [0.717, 1.165) is 5.56 Å². The molecule has 0 saturated heterocycles. The van der Waals surface area contributed by atoms with Gasteiger partial charge in [0.05, 0.1) is 19.8 Å². The van der Waals surface area contributed by atoms with Gasteiger partial charge in [0.15, 0.2) is 5.82 Å². The van der Waals surface area contributed by atoms with Crippen LogP contribution in [-0.2, 0) is 0 Å². The number of methoxy groups -OCH3 is 2. The normalized spacial score (nSPS) is 10.1. The molecule has 2 rings (SSSR count). The van der Waals surface area contributed by atoms with Crippen LogP contribution >= 0.6 is 11.6 Å². The lowest BCUT2D eigenvalue weighted by molar-refractivity contribution is 0.378. The van der Waals surface area contributed by atoms with Crippen LogP contribution < -0.4 is 9.47 Å². The third kappa shape index (κ3) is 2.45. The summed E-state index contributed by atoms with van der Waals surface area (Å²) in [5.41, 5.74) is 0.734. The molecule has 6 heteroatoms. The van der Waals surface area contributed by atoms with Gasteiger partial charge in [-0.3, -0.25) is 0 Å². The van der Waals surface area contributed by atoms with E-state index < -0.39 is 0 Å². The second-order valence-corrected chi connectivity index (χ2v) is 3.45. The molecule has 0 bridgehead atoms. The van der Waals surface area contributed by atoms with Crippen molar-refractivity contribution in [2.45, 2.75) is 0 Å². The zero-order chi connectivity index (χ0) is 12.3. The van der Waals surface area contributed by atoms with E-state index in [0.29, 0.717) is 11.6 Å². The van der Waals surface area contributed by atoms with E-state index in [9.17, 15) is 0 Å². The number of benzene rings is 1. The highest BCUT2D eigenvalue weighted by Gasteiger charge is 2.11. The summed E-state index contributed by atoms with van der Waals surface area (Å²) in [6, 6.07) is 7.55. The van der Waals surface area contributed by atoms with Crippen LogP contribution in [0.4, 0.5) is 0 Å². The molecule has 0 amide bonds. The minimum atomic E-state index is 0.0813. The van der Waals surface area contributed by atoms with Crippen LogP contribution in [0.25, 0.3) is 11.4 Å². The lowest BCUT2D eigenvalue weighted by atomic mass is 10.2. The summed E-state index contributed by atoms with van der Waals surface area (Å²) in [7, 11) is 3.05. The summed E-state index contributed by atoms with van der Waals surface area (Å²) < 4.78 is 10.2. The van der Waals surface area contributed by atoms with Crippen molar-refractivity contribution in [3.63, 3.8) is 0 Å². The quantitative estimate of drug-likeness (QED) is 0.837. The second kappa shape index (κ2) is 4.97. The fourth-order valence-electron chi connectivity index (χ4n) is 1.37. The molecular weight excluding hydrogens is 242 g/mol. The molecule has 0 aliphatic heterocycles. The molecule has 0 fully saturated rings. The summed E-state index contributed by atoms with van der Waals surface area (Å²) in [6.45, 7) is 0. The van der Waals surface area contributed by atoms with Gasteiger partial charge in [-0.25, -0.2) is 0 Å². The number of aromatic nitrogens is 3. The third-order valence-corrected chi connectivity index (χ3v) is 2.29. The molecule has 88 valence electrons. The molecule has 0 unspecified atom stereocenters. The summed E-state index contributed by atoms with van der Waals surface area (Å²) in [4.78, 5) is 12.0. The van der Waals surface area contributed by atoms with E-state index >= 15 is 0 Å². The van der Waals surface area contributed by atoms with Gasteiger partial charge < -0.3 is 9.47 Å². The van der Waals surface area contributed by atoms with Gasteiger partial charge in [-0.15, -0.1) is 0 Å². The molecule has 0 N–H and O–H groups in total. The van der Waals surface area contributed by atoms with Crippen LogP contribution in [0.1, 0.15) is 0 Å². The molecule has 0 radical (unpaired) electrons. The monoisotopic (exact) mass is 251 g/mol. The van der Waals surface area contributed by atoms with Crippen LogP contribution in [0.3, 0.4) is 0 Å². The van der Waals surface area contributed by atoms with Crippen LogP contribution in [0.5, 0.6) is 11.8 Å². The minimum Gasteiger partial charge on any atom is -0.496 e. The Morgan fingerprint density at radius 1 is 1.00 bits per heavy atom. The van der Waals surface area contributed by atoms with Crippen LogP contribution in [-0.4, -0.2) is 29.2 Å². The predicted molar refractivity (Wildman–Crippen MR) is 63.4 cm³/mol. The molecule has 1 heterocycles. The van der Waals surface area contributed by atoms with E-state index in [2.05, 4.69) is 15.0 Å². The highest BCUT2D eigenvalue weighted by atomic mass is 35.5. The number of hydrogen-bond donors (Lipinski definition) is 0. The molecule has 5 nitrogen and oxygen atoms in total. The first-order valence-corrected chi connectivity index (χ1v) is 5.21. The van der Waals surface area contributed by atoms with Crippen LogP contribution in [0.15, 0.2) is 24.3 Å². The van der Waals surface area contributed by atoms with Gasteiger partial charge >= 0.3 is 6.01 Å². The van der Waals surface area contributed by atoms with Gasteiger partial charge in [0.25, 0.3) is 0 Å². The number of para-hydroxylation sites is 1. The van der Waals surface area contributed by atoms with Crippen molar-refractivity contribution in [3.05, 3.63) is 29.5 Å². The molecule has 0 spiro atoms. The number of hydrogen-bond acceptors (Lipinski definition) is 5. The Kier molecular flexibility index (Phi) is 3.39. The SMILES string of the molecule is COc1nc(Cl)nc(-c2ccccc2OC)n1. The van der Waals surface area contributed by atoms with E-state index in [1.807, 2.05) is 24.3 Å². The van der Waals surface area contributed by atoms with Crippen molar-refractivity contribution >= 4 is 11.6 Å². The summed E-state index contributed by atoms with van der Waals surface area (Å²) in [5.74, 6) is 1.08. The van der Waals surface area contributed by atoms with Gasteiger partial charge in [-0.1, -0.05) is 12.1 Å². The molecule has 1 aromatic heterocycles. The maximum Gasteiger partial charge on any atom is 0.321 e. The Bertz CT molecular complexity index is 534. The van der Waals surface area contributed by atoms with Gasteiger partial charge in [-0.2, -0.15) is 15.0 Å². The standard InChI is InChI=1S/C11H10ClN3O2/c1-16-8-6-4-3-5-7(8)9-13-10(12)15-11(14-9)17-2/h3-6H,1-2H3. The Balaban J connectivity index is 2.55. The first kappa shape index (κ1) is 11.6. The zero-order valence-electron chi connectivity index (χ0n) is 9.35. The van der Waals surface area contributed by atoms with Crippen molar-refractivity contribution < 1.29 is 9.47 Å². The van der Waals surface area contributed by atoms with Crippen molar-refractivity contribution in [1.29, 1.82) is 0 Å². The number of halogens is 1. The summed E-state index contributed by atoms with van der Waals surface area (Å²) in [5, 5.41) is 0.0813. The Morgan fingerprint density at radius 2 is 1.76 bits per heavy atom. The Hall–Kier alpha value is -1.88. The summed E-state index contributed by atoms with van der Waals surface area (Å²) in [6.07, 6.45) is 0. The van der Waals surface area contributed by atoms with Crippen LogP contribution in [0.2, 0.25) is 5.28 Å². The number of rotatable bonds is 3. The Labute approximate surface area is 103 Å². The van der Waals surface area contributed by atoms with Gasteiger partial charge in [-0.05, 0) is 23.7 Å². The molecule has 2 aromatic rings. The van der Waals surface area contributed by atoms with E-state index in [1.165, 1.54) is 7.11 Å². The molecule has 1 aromatic carbocycles. The van der Waals surface area contributed by atoms with Gasteiger partial charge in [0.2, 0.25) is 5.28 Å². The number of ether oxygens (including phenoxy) is 2. The predicted octanol–water partition coefficient (Wildman–Crippen LogP) is 2.21. The summed E-state index contributed by atoms with van der Waals surface area (Å²) >= 11 is 5.79. The fraction of sp³-hybridized carbons (Fsp3) is 0.182. The Morgan fingerprint density at radius 3 is 2.47 bits per heavy atom. The molecular formula is C11H10ClN3O2. The van der Waals surface area contributed by atoms with Crippen molar-refractivity contribution in [2.24, 2.45) is 0 Å². The van der Waals surface area contributed by atoms with Gasteiger partial charge in [0, 0.05) is 0 Å². The highest BCUT2D eigenvalue weighted by Crippen LogP contribution is 2.27.